The van der Waals surface area contributed by atoms with E-state index in [4.69, 9.17) is 10.2 Å². The Kier molecular flexibility index (Phi) is 3.42. The second kappa shape index (κ2) is 4.15. The molecule has 1 saturated heterocycles. The highest BCUT2D eigenvalue weighted by atomic mass is 16.4. The van der Waals surface area contributed by atoms with Gasteiger partial charge in [-0.3, -0.25) is 0 Å². The van der Waals surface area contributed by atoms with Crippen LogP contribution in [0.2, 0.25) is 0 Å². The minimum atomic E-state index is -1.16. The van der Waals surface area contributed by atoms with Crippen LogP contribution in [0, 0.1) is 5.92 Å². The first-order valence-corrected chi connectivity index (χ1v) is 4.02. The summed E-state index contributed by atoms with van der Waals surface area (Å²) in [4.78, 5) is 0. The van der Waals surface area contributed by atoms with Crippen LogP contribution in [0.4, 0.5) is 0 Å². The summed E-state index contributed by atoms with van der Waals surface area (Å²) in [6.07, 6.45) is -2.86. The van der Waals surface area contributed by atoms with Crippen LogP contribution in [-0.2, 0) is 0 Å². The Morgan fingerprint density at radius 3 is 2.42 bits per heavy atom. The minimum absolute atomic E-state index is 0.382. The van der Waals surface area contributed by atoms with Crippen LogP contribution in [0.3, 0.4) is 0 Å². The fraction of sp³-hybridized carbons (Fsp3) is 1.00. The zero-order valence-electron chi connectivity index (χ0n) is 6.72. The van der Waals surface area contributed by atoms with Crippen molar-refractivity contribution >= 4 is 0 Å². The number of hydrogen-bond acceptors (Lipinski definition) is 5. The molecule has 1 heterocycles. The fourth-order valence-corrected chi connectivity index (χ4v) is 1.43. The molecular formula is C7H15NO4. The smallest absolute Gasteiger partial charge is 0.103 e. The quantitative estimate of drug-likeness (QED) is 0.323. The van der Waals surface area contributed by atoms with Gasteiger partial charge in [-0.25, -0.2) is 0 Å². The van der Waals surface area contributed by atoms with Crippen molar-refractivity contribution in [1.82, 2.24) is 5.32 Å². The lowest BCUT2D eigenvalue weighted by Gasteiger charge is -2.23. The summed E-state index contributed by atoms with van der Waals surface area (Å²) in [5.41, 5.74) is 0. The molecule has 1 aliphatic heterocycles. The third-order valence-electron chi connectivity index (χ3n) is 2.25. The molecule has 0 aromatic heterocycles. The number of aliphatic hydroxyl groups is 4. The first kappa shape index (κ1) is 9.88. The molecule has 0 amide bonds. The van der Waals surface area contributed by atoms with Crippen molar-refractivity contribution in [2.45, 2.75) is 18.3 Å². The van der Waals surface area contributed by atoms with Crippen LogP contribution in [0.25, 0.3) is 0 Å². The monoisotopic (exact) mass is 177 g/mol. The molecule has 5 N–H and O–H groups in total. The molecule has 0 spiro atoms. The second-order valence-electron chi connectivity index (χ2n) is 3.13. The van der Waals surface area contributed by atoms with Gasteiger partial charge in [-0.15, -0.1) is 0 Å². The van der Waals surface area contributed by atoms with E-state index in [0.29, 0.717) is 13.1 Å². The van der Waals surface area contributed by atoms with E-state index < -0.39 is 24.9 Å². The molecule has 0 aromatic rings. The molecule has 0 aliphatic carbocycles. The normalized spacial score (nSPS) is 35.0. The van der Waals surface area contributed by atoms with Crippen molar-refractivity contribution in [3.05, 3.63) is 0 Å². The van der Waals surface area contributed by atoms with Crippen molar-refractivity contribution in [3.63, 3.8) is 0 Å². The van der Waals surface area contributed by atoms with Gasteiger partial charge in [-0.05, 0) is 0 Å². The van der Waals surface area contributed by atoms with Gasteiger partial charge in [0.25, 0.3) is 0 Å². The number of nitrogens with one attached hydrogen (secondary N) is 1. The molecule has 4 unspecified atom stereocenters. The minimum Gasteiger partial charge on any atom is -0.394 e. The second-order valence-corrected chi connectivity index (χ2v) is 3.13. The topological polar surface area (TPSA) is 93.0 Å². The third-order valence-corrected chi connectivity index (χ3v) is 2.25. The summed E-state index contributed by atoms with van der Waals surface area (Å²) >= 11 is 0. The predicted molar refractivity (Wildman–Crippen MR) is 41.5 cm³/mol. The van der Waals surface area contributed by atoms with E-state index in [1.807, 2.05) is 0 Å². The summed E-state index contributed by atoms with van der Waals surface area (Å²) in [5, 5.41) is 39.2. The Bertz CT molecular complexity index is 143. The van der Waals surface area contributed by atoms with Gasteiger partial charge in [0.2, 0.25) is 0 Å². The van der Waals surface area contributed by atoms with Gasteiger partial charge in [-0.1, -0.05) is 0 Å². The molecule has 1 aliphatic rings. The van der Waals surface area contributed by atoms with E-state index in [-0.39, 0.29) is 5.92 Å². The fourth-order valence-electron chi connectivity index (χ4n) is 1.43. The lowest BCUT2D eigenvalue weighted by atomic mass is 9.95. The van der Waals surface area contributed by atoms with E-state index in [2.05, 4.69) is 5.32 Å². The van der Waals surface area contributed by atoms with Crippen LogP contribution in [0.1, 0.15) is 0 Å². The molecule has 5 nitrogen and oxygen atoms in total. The summed E-state index contributed by atoms with van der Waals surface area (Å²) in [5.74, 6) is -0.382. The van der Waals surface area contributed by atoms with Crippen LogP contribution in [0.15, 0.2) is 0 Å². The summed E-state index contributed by atoms with van der Waals surface area (Å²) < 4.78 is 0. The maximum atomic E-state index is 9.38. The van der Waals surface area contributed by atoms with E-state index >= 15 is 0 Å². The van der Waals surface area contributed by atoms with Crippen molar-refractivity contribution in [2.75, 3.05) is 19.7 Å². The van der Waals surface area contributed by atoms with Crippen molar-refractivity contribution in [1.29, 1.82) is 0 Å². The summed E-state index contributed by atoms with van der Waals surface area (Å²) in [7, 11) is 0. The molecule has 1 rings (SSSR count). The highest BCUT2D eigenvalue weighted by Crippen LogP contribution is 2.16. The van der Waals surface area contributed by atoms with Gasteiger partial charge >= 0.3 is 0 Å². The predicted octanol–water partition coefficient (Wildman–Crippen LogP) is -2.72. The molecule has 0 saturated carbocycles. The van der Waals surface area contributed by atoms with E-state index in [1.165, 1.54) is 0 Å². The summed E-state index contributed by atoms with van der Waals surface area (Å²) in [6, 6.07) is 0. The first-order chi connectivity index (χ1) is 5.66. The Labute approximate surface area is 70.6 Å². The van der Waals surface area contributed by atoms with Crippen LogP contribution < -0.4 is 5.32 Å². The number of aliphatic hydroxyl groups excluding tert-OH is 4. The largest absolute Gasteiger partial charge is 0.394 e. The average Bonchev–Trinajstić information content (AvgIpc) is 2.48. The van der Waals surface area contributed by atoms with Crippen molar-refractivity contribution < 1.29 is 20.4 Å². The summed E-state index contributed by atoms with van der Waals surface area (Å²) in [6.45, 7) is 0.420. The third kappa shape index (κ3) is 1.94. The zero-order valence-corrected chi connectivity index (χ0v) is 6.72. The van der Waals surface area contributed by atoms with Gasteiger partial charge in [0.15, 0.2) is 0 Å². The maximum Gasteiger partial charge on any atom is 0.103 e. The molecule has 5 heteroatoms. The van der Waals surface area contributed by atoms with E-state index in [1.54, 1.807) is 0 Å². The van der Waals surface area contributed by atoms with Gasteiger partial charge < -0.3 is 25.7 Å². The number of rotatable bonds is 3. The Balaban J connectivity index is 2.45. The zero-order chi connectivity index (χ0) is 9.14. The van der Waals surface area contributed by atoms with E-state index in [9.17, 15) is 10.2 Å². The van der Waals surface area contributed by atoms with Crippen LogP contribution in [0.5, 0.6) is 0 Å². The van der Waals surface area contributed by atoms with Gasteiger partial charge in [0.1, 0.15) is 6.10 Å². The highest BCUT2D eigenvalue weighted by Gasteiger charge is 2.34. The molecular weight excluding hydrogens is 162 g/mol. The lowest BCUT2D eigenvalue weighted by molar-refractivity contribution is -0.0609. The van der Waals surface area contributed by atoms with Crippen LogP contribution >= 0.6 is 0 Å². The lowest BCUT2D eigenvalue weighted by Crippen LogP contribution is -2.41. The maximum absolute atomic E-state index is 9.38. The molecule has 1 fully saturated rings. The van der Waals surface area contributed by atoms with Crippen LogP contribution in [-0.4, -0.2) is 58.4 Å². The van der Waals surface area contributed by atoms with E-state index in [0.717, 1.165) is 0 Å². The Morgan fingerprint density at radius 2 is 2.00 bits per heavy atom. The SMILES string of the molecule is OCC(O)C(O)C1CNCC1O. The standard InChI is InChI=1S/C7H15NO4/c9-3-6(11)7(12)4-1-8-2-5(4)10/h4-12H,1-3H2. The Morgan fingerprint density at radius 1 is 1.33 bits per heavy atom. The molecule has 72 valence electrons. The first-order valence-electron chi connectivity index (χ1n) is 4.02. The van der Waals surface area contributed by atoms with Gasteiger partial charge in [-0.2, -0.15) is 0 Å². The van der Waals surface area contributed by atoms with Crippen molar-refractivity contribution in [3.8, 4) is 0 Å². The molecule has 12 heavy (non-hydrogen) atoms. The highest BCUT2D eigenvalue weighted by molar-refractivity contribution is 4.88. The molecule has 0 bridgehead atoms. The molecule has 0 radical (unpaired) electrons. The van der Waals surface area contributed by atoms with Gasteiger partial charge in [0.05, 0.1) is 18.8 Å². The molecule has 4 atom stereocenters. The number of hydrogen-bond donors (Lipinski definition) is 5. The average molecular weight is 177 g/mol. The van der Waals surface area contributed by atoms with Gasteiger partial charge in [0, 0.05) is 19.0 Å². The molecule has 0 aromatic carbocycles. The Hall–Kier alpha value is -0.200. The van der Waals surface area contributed by atoms with Crippen molar-refractivity contribution in [2.24, 2.45) is 5.92 Å². The number of β-amino-alcohol motifs (C(OH)–C–C–N with tert-alkyl or cyclic N) is 1.